The summed E-state index contributed by atoms with van der Waals surface area (Å²) in [6.45, 7) is 0. The van der Waals surface area contributed by atoms with Gasteiger partial charge in [-0.2, -0.15) is 0 Å². The summed E-state index contributed by atoms with van der Waals surface area (Å²) in [5, 5.41) is 0.202. The van der Waals surface area contributed by atoms with Gasteiger partial charge in [0.1, 0.15) is 0 Å². The molecule has 0 aliphatic carbocycles. The molecule has 0 aliphatic rings. The van der Waals surface area contributed by atoms with E-state index in [1.165, 1.54) is 0 Å². The number of nitrogens with two attached hydrogens (primary N) is 1. The lowest BCUT2D eigenvalue weighted by Gasteiger charge is -1.83. The van der Waals surface area contributed by atoms with E-state index in [1.54, 1.807) is 0 Å². The summed E-state index contributed by atoms with van der Waals surface area (Å²) < 4.78 is 2.23. The maximum Gasteiger partial charge on any atom is 0.173 e. The van der Waals surface area contributed by atoms with Crippen molar-refractivity contribution in [3.8, 4) is 0 Å². The zero-order valence-electron chi connectivity index (χ0n) is 2.84. The van der Waals surface area contributed by atoms with Gasteiger partial charge in [0.15, 0.2) is 5.11 Å². The molecule has 0 aliphatic heterocycles. The van der Waals surface area contributed by atoms with Crippen LogP contribution in [0, 0.1) is 0 Å². The number of hydrogen-bond acceptors (Lipinski definition) is 2. The minimum absolute atomic E-state index is 0. The zero-order valence-corrected chi connectivity index (χ0v) is 5.37. The van der Waals surface area contributed by atoms with Crippen molar-refractivity contribution in [2.45, 2.75) is 0 Å². The third-order valence-corrected chi connectivity index (χ3v) is 0.604. The Kier molecular flexibility index (Phi) is 8.52. The Morgan fingerprint density at radius 1 is 1.83 bits per heavy atom. The van der Waals surface area contributed by atoms with Crippen molar-refractivity contribution in [2.24, 2.45) is 5.73 Å². The summed E-state index contributed by atoms with van der Waals surface area (Å²) in [5.74, 6) is 0. The standard InChI is InChI=1S/CH4N2S2.ClH/c2-1(4)3-5;/h5H,(H3,2,3,4);1H. The van der Waals surface area contributed by atoms with Gasteiger partial charge in [-0.25, -0.2) is 0 Å². The van der Waals surface area contributed by atoms with Gasteiger partial charge in [0.05, 0.1) is 0 Å². The number of nitrogens with one attached hydrogen (secondary N) is 1. The first-order chi connectivity index (χ1) is 2.27. The fourth-order valence-corrected chi connectivity index (χ4v) is 0. The van der Waals surface area contributed by atoms with Crippen LogP contribution in [-0.2, 0) is 0 Å². The minimum Gasteiger partial charge on any atom is -0.376 e. The molecule has 0 saturated heterocycles. The highest BCUT2D eigenvalue weighted by Crippen LogP contribution is 1.55. The van der Waals surface area contributed by atoms with Crippen LogP contribution in [0.5, 0.6) is 0 Å². The molecule has 0 rings (SSSR count). The summed E-state index contributed by atoms with van der Waals surface area (Å²) in [6.07, 6.45) is 0. The molecule has 0 bridgehead atoms. The molecule has 2 nitrogen and oxygen atoms in total. The quantitative estimate of drug-likeness (QED) is 0.333. The van der Waals surface area contributed by atoms with Crippen molar-refractivity contribution >= 4 is 42.6 Å². The monoisotopic (exact) mass is 144 g/mol. The predicted molar refractivity (Wildman–Crippen MR) is 36.2 cm³/mol. The molecule has 0 radical (unpaired) electrons. The Bertz CT molecular complexity index is 46.8. The van der Waals surface area contributed by atoms with Crippen LogP contribution in [0.25, 0.3) is 0 Å². The van der Waals surface area contributed by atoms with Crippen molar-refractivity contribution in [1.29, 1.82) is 0 Å². The second kappa shape index (κ2) is 5.33. The average molecular weight is 145 g/mol. The van der Waals surface area contributed by atoms with E-state index in [0.29, 0.717) is 0 Å². The molecule has 38 valence electrons. The maximum atomic E-state index is 4.84. The molecule has 0 heterocycles. The Balaban J connectivity index is 0. The SMILES string of the molecule is Cl.NC(=S)NS. The largest absolute Gasteiger partial charge is 0.376 e. The first-order valence-corrected chi connectivity index (χ1v) is 1.82. The average Bonchev–Trinajstić information content (AvgIpc) is 1.38. The van der Waals surface area contributed by atoms with Crippen LogP contribution in [-0.4, -0.2) is 5.11 Å². The Labute approximate surface area is 53.4 Å². The zero-order chi connectivity index (χ0) is 4.28. The molecule has 0 amide bonds. The van der Waals surface area contributed by atoms with Crippen molar-refractivity contribution < 1.29 is 0 Å². The Morgan fingerprint density at radius 2 is 2.00 bits per heavy atom. The smallest absolute Gasteiger partial charge is 0.173 e. The number of rotatable bonds is 0. The van der Waals surface area contributed by atoms with E-state index in [-0.39, 0.29) is 17.5 Å². The fraction of sp³-hybridized carbons (Fsp3) is 0. The van der Waals surface area contributed by atoms with Crippen LogP contribution in [0.3, 0.4) is 0 Å². The van der Waals surface area contributed by atoms with Gasteiger partial charge in [0.2, 0.25) is 0 Å². The lowest BCUT2D eigenvalue weighted by Crippen LogP contribution is -2.19. The number of thiocarbonyl (C=S) groups is 1. The summed E-state index contributed by atoms with van der Waals surface area (Å²) >= 11 is 7.79. The summed E-state index contributed by atoms with van der Waals surface area (Å²) in [7, 11) is 0. The Morgan fingerprint density at radius 3 is 2.00 bits per heavy atom. The predicted octanol–water partition coefficient (Wildman–Crippen LogP) is 0.0862. The topological polar surface area (TPSA) is 38.0 Å². The van der Waals surface area contributed by atoms with E-state index in [4.69, 9.17) is 5.73 Å². The van der Waals surface area contributed by atoms with E-state index in [1.807, 2.05) is 0 Å². The molecule has 0 aromatic rings. The molecule has 0 saturated carbocycles. The molecule has 5 heteroatoms. The van der Waals surface area contributed by atoms with E-state index in [9.17, 15) is 0 Å². The van der Waals surface area contributed by atoms with E-state index < -0.39 is 0 Å². The Hall–Kier alpha value is 0.330. The molecule has 3 N–H and O–H groups in total. The summed E-state index contributed by atoms with van der Waals surface area (Å²) in [4.78, 5) is 0. The summed E-state index contributed by atoms with van der Waals surface area (Å²) in [5.41, 5.74) is 4.84. The lowest BCUT2D eigenvalue weighted by atomic mass is 11.3. The van der Waals surface area contributed by atoms with Gasteiger partial charge < -0.3 is 10.5 Å². The van der Waals surface area contributed by atoms with Crippen molar-refractivity contribution in [3.63, 3.8) is 0 Å². The van der Waals surface area contributed by atoms with Crippen LogP contribution in [0.15, 0.2) is 0 Å². The molecular weight excluding hydrogens is 140 g/mol. The molecule has 0 fully saturated rings. The van der Waals surface area contributed by atoms with Crippen molar-refractivity contribution in [3.05, 3.63) is 0 Å². The van der Waals surface area contributed by atoms with Crippen molar-refractivity contribution in [1.82, 2.24) is 4.72 Å². The van der Waals surface area contributed by atoms with E-state index in [2.05, 4.69) is 29.8 Å². The van der Waals surface area contributed by atoms with Gasteiger partial charge in [-0.1, -0.05) is 12.8 Å². The van der Waals surface area contributed by atoms with Crippen LogP contribution in [0.1, 0.15) is 0 Å². The van der Waals surface area contributed by atoms with Crippen molar-refractivity contribution in [2.75, 3.05) is 0 Å². The number of thiol groups is 1. The van der Waals surface area contributed by atoms with Gasteiger partial charge >= 0.3 is 0 Å². The summed E-state index contributed by atoms with van der Waals surface area (Å²) in [6, 6.07) is 0. The fourth-order valence-electron chi connectivity index (χ4n) is 0. The van der Waals surface area contributed by atoms with E-state index >= 15 is 0 Å². The molecular formula is CH5ClN2S2. The number of hydrogen-bond donors (Lipinski definition) is 3. The van der Waals surface area contributed by atoms with Gasteiger partial charge in [0, 0.05) is 0 Å². The van der Waals surface area contributed by atoms with Gasteiger partial charge in [-0.05, 0) is 12.2 Å². The first kappa shape index (κ1) is 9.59. The molecule has 0 aromatic carbocycles. The van der Waals surface area contributed by atoms with E-state index in [0.717, 1.165) is 0 Å². The van der Waals surface area contributed by atoms with Gasteiger partial charge in [-0.15, -0.1) is 12.4 Å². The van der Waals surface area contributed by atoms with Crippen LogP contribution in [0.2, 0.25) is 0 Å². The molecule has 6 heavy (non-hydrogen) atoms. The second-order valence-corrected chi connectivity index (χ2v) is 1.14. The highest BCUT2D eigenvalue weighted by Gasteiger charge is 1.67. The van der Waals surface area contributed by atoms with Crippen LogP contribution in [0.4, 0.5) is 0 Å². The first-order valence-electron chi connectivity index (χ1n) is 0.966. The highest BCUT2D eigenvalue weighted by molar-refractivity contribution is 7.84. The molecule has 0 aromatic heterocycles. The van der Waals surface area contributed by atoms with Crippen LogP contribution >= 0.6 is 37.4 Å². The lowest BCUT2D eigenvalue weighted by molar-refractivity contribution is 1.52. The molecule has 0 atom stereocenters. The van der Waals surface area contributed by atoms with Gasteiger partial charge in [-0.3, -0.25) is 0 Å². The molecule has 0 spiro atoms. The highest BCUT2D eigenvalue weighted by atomic mass is 35.5. The maximum absolute atomic E-state index is 4.84. The van der Waals surface area contributed by atoms with Gasteiger partial charge in [0.25, 0.3) is 0 Å². The minimum atomic E-state index is 0. The third kappa shape index (κ3) is 8.84. The molecule has 0 unspecified atom stereocenters. The van der Waals surface area contributed by atoms with Crippen LogP contribution < -0.4 is 10.5 Å². The second-order valence-electron chi connectivity index (χ2n) is 0.476. The number of halogens is 1. The normalized spacial score (nSPS) is 5.50. The third-order valence-electron chi connectivity index (χ3n) is 0.110.